The first-order chi connectivity index (χ1) is 12.6. The maximum absolute atomic E-state index is 12.3. The predicted octanol–water partition coefficient (Wildman–Crippen LogP) is 4.40. The standard InChI is InChI=1S/C20H20ClN3O2/c1-3-26-18-13-24(12-15-8-5-4-6-9-15)20(23-19(18)25)22-17-11-7-10-16(21)14(17)2/h4-11,13H,3,12H2,1-2H3,(H,22,23,25). The molecule has 0 amide bonds. The van der Waals surface area contributed by atoms with Crippen LogP contribution in [0.5, 0.6) is 5.75 Å². The van der Waals surface area contributed by atoms with Gasteiger partial charge in [-0.1, -0.05) is 48.0 Å². The van der Waals surface area contributed by atoms with Crippen LogP contribution in [-0.2, 0) is 6.54 Å². The summed E-state index contributed by atoms with van der Waals surface area (Å²) >= 11 is 6.20. The summed E-state index contributed by atoms with van der Waals surface area (Å²) in [5.41, 5.74) is 2.38. The van der Waals surface area contributed by atoms with Crippen LogP contribution < -0.4 is 15.6 Å². The van der Waals surface area contributed by atoms with E-state index >= 15 is 0 Å². The summed E-state index contributed by atoms with van der Waals surface area (Å²) in [5.74, 6) is 0.671. The SMILES string of the molecule is CCOc1cn(Cc2ccccc2)c(Nc2cccc(Cl)c2C)nc1=O. The Kier molecular flexibility index (Phi) is 5.58. The van der Waals surface area contributed by atoms with Crippen molar-refractivity contribution in [3.8, 4) is 5.75 Å². The summed E-state index contributed by atoms with van der Waals surface area (Å²) in [6, 6.07) is 15.5. The molecule has 5 nitrogen and oxygen atoms in total. The average Bonchev–Trinajstić information content (AvgIpc) is 2.63. The van der Waals surface area contributed by atoms with Crippen molar-refractivity contribution >= 4 is 23.2 Å². The first-order valence-corrected chi connectivity index (χ1v) is 8.76. The largest absolute Gasteiger partial charge is 0.487 e. The Morgan fingerprint density at radius 3 is 2.65 bits per heavy atom. The van der Waals surface area contributed by atoms with E-state index in [4.69, 9.17) is 16.3 Å². The molecule has 0 aliphatic carbocycles. The minimum atomic E-state index is -0.404. The smallest absolute Gasteiger partial charge is 0.316 e. The Labute approximate surface area is 157 Å². The summed E-state index contributed by atoms with van der Waals surface area (Å²) in [7, 11) is 0. The number of nitrogens with one attached hydrogen (secondary N) is 1. The minimum absolute atomic E-state index is 0.233. The molecule has 0 atom stereocenters. The molecule has 3 rings (SSSR count). The van der Waals surface area contributed by atoms with E-state index in [1.165, 1.54) is 0 Å². The quantitative estimate of drug-likeness (QED) is 0.699. The van der Waals surface area contributed by atoms with Crippen molar-refractivity contribution in [2.45, 2.75) is 20.4 Å². The van der Waals surface area contributed by atoms with Crippen molar-refractivity contribution in [2.75, 3.05) is 11.9 Å². The molecule has 6 heteroatoms. The highest BCUT2D eigenvalue weighted by Crippen LogP contribution is 2.25. The molecule has 0 aliphatic heterocycles. The lowest BCUT2D eigenvalue weighted by Gasteiger charge is -2.17. The first kappa shape index (κ1) is 18.0. The fourth-order valence-electron chi connectivity index (χ4n) is 2.59. The molecule has 0 radical (unpaired) electrons. The molecule has 1 aromatic heterocycles. The third-order valence-electron chi connectivity index (χ3n) is 3.97. The van der Waals surface area contributed by atoms with Crippen molar-refractivity contribution in [1.82, 2.24) is 9.55 Å². The second kappa shape index (κ2) is 8.06. The van der Waals surface area contributed by atoms with Gasteiger partial charge in [0.2, 0.25) is 11.7 Å². The fourth-order valence-corrected chi connectivity index (χ4v) is 2.77. The third-order valence-corrected chi connectivity index (χ3v) is 4.38. The van der Waals surface area contributed by atoms with Gasteiger partial charge >= 0.3 is 5.56 Å². The second-order valence-corrected chi connectivity index (χ2v) is 6.23. The van der Waals surface area contributed by atoms with Gasteiger partial charge in [0.1, 0.15) is 0 Å². The van der Waals surface area contributed by atoms with E-state index < -0.39 is 5.56 Å². The molecule has 0 saturated carbocycles. The molecule has 0 aliphatic rings. The van der Waals surface area contributed by atoms with Crippen LogP contribution in [0.25, 0.3) is 0 Å². The van der Waals surface area contributed by atoms with Crippen molar-refractivity contribution < 1.29 is 4.74 Å². The molecule has 0 bridgehead atoms. The number of hydrogen-bond acceptors (Lipinski definition) is 4. The van der Waals surface area contributed by atoms with E-state index in [1.807, 2.05) is 66.9 Å². The van der Waals surface area contributed by atoms with E-state index in [-0.39, 0.29) is 5.75 Å². The van der Waals surface area contributed by atoms with Crippen LogP contribution in [0.3, 0.4) is 0 Å². The van der Waals surface area contributed by atoms with Gasteiger partial charge in [-0.15, -0.1) is 0 Å². The normalized spacial score (nSPS) is 10.6. The zero-order chi connectivity index (χ0) is 18.5. The average molecular weight is 370 g/mol. The van der Waals surface area contributed by atoms with Crippen LogP contribution in [-0.4, -0.2) is 16.2 Å². The molecule has 1 N–H and O–H groups in total. The molecule has 3 aromatic rings. The molecule has 0 unspecified atom stereocenters. The Bertz CT molecular complexity index is 955. The predicted molar refractivity (Wildman–Crippen MR) is 105 cm³/mol. The molecular weight excluding hydrogens is 350 g/mol. The summed E-state index contributed by atoms with van der Waals surface area (Å²) in [5, 5.41) is 3.87. The van der Waals surface area contributed by atoms with Crippen LogP contribution in [0.15, 0.2) is 59.5 Å². The lowest BCUT2D eigenvalue weighted by Crippen LogP contribution is -2.19. The molecular formula is C20H20ClN3O2. The summed E-state index contributed by atoms with van der Waals surface area (Å²) in [4.78, 5) is 16.4. The summed E-state index contributed by atoms with van der Waals surface area (Å²) < 4.78 is 7.28. The topological polar surface area (TPSA) is 56.1 Å². The number of hydrogen-bond donors (Lipinski definition) is 1. The van der Waals surface area contributed by atoms with Crippen molar-refractivity contribution in [1.29, 1.82) is 0 Å². The minimum Gasteiger partial charge on any atom is -0.487 e. The number of anilines is 2. The van der Waals surface area contributed by atoms with Crippen LogP contribution >= 0.6 is 11.6 Å². The van der Waals surface area contributed by atoms with Gasteiger partial charge in [0.25, 0.3) is 0 Å². The molecule has 2 aromatic carbocycles. The number of rotatable bonds is 6. The summed E-state index contributed by atoms with van der Waals surface area (Å²) in [6.45, 7) is 4.71. The van der Waals surface area contributed by atoms with Gasteiger partial charge in [-0.3, -0.25) is 4.79 Å². The highest BCUT2D eigenvalue weighted by atomic mass is 35.5. The highest BCUT2D eigenvalue weighted by molar-refractivity contribution is 6.31. The van der Waals surface area contributed by atoms with Gasteiger partial charge < -0.3 is 14.6 Å². The van der Waals surface area contributed by atoms with Crippen molar-refractivity contribution in [2.24, 2.45) is 0 Å². The van der Waals surface area contributed by atoms with Crippen LogP contribution in [0, 0.1) is 6.92 Å². The van der Waals surface area contributed by atoms with E-state index in [2.05, 4.69) is 10.3 Å². The fraction of sp³-hybridized carbons (Fsp3) is 0.200. The first-order valence-electron chi connectivity index (χ1n) is 8.39. The maximum Gasteiger partial charge on any atom is 0.316 e. The Balaban J connectivity index is 2.03. The lowest BCUT2D eigenvalue weighted by atomic mass is 10.2. The van der Waals surface area contributed by atoms with Gasteiger partial charge in [0.05, 0.1) is 19.3 Å². The Morgan fingerprint density at radius 2 is 1.92 bits per heavy atom. The van der Waals surface area contributed by atoms with Crippen LogP contribution in [0.2, 0.25) is 5.02 Å². The third kappa shape index (κ3) is 4.06. The maximum atomic E-state index is 12.3. The van der Waals surface area contributed by atoms with E-state index in [0.29, 0.717) is 24.1 Å². The number of nitrogens with zero attached hydrogens (tertiary/aromatic N) is 2. The second-order valence-electron chi connectivity index (χ2n) is 5.82. The Morgan fingerprint density at radius 1 is 1.15 bits per heavy atom. The van der Waals surface area contributed by atoms with Gasteiger partial charge in [0.15, 0.2) is 0 Å². The molecule has 0 saturated heterocycles. The van der Waals surface area contributed by atoms with Gasteiger partial charge in [0, 0.05) is 10.7 Å². The van der Waals surface area contributed by atoms with Crippen LogP contribution in [0.1, 0.15) is 18.1 Å². The van der Waals surface area contributed by atoms with Gasteiger partial charge in [-0.2, -0.15) is 4.98 Å². The summed E-state index contributed by atoms with van der Waals surface area (Å²) in [6.07, 6.45) is 1.69. The molecule has 0 spiro atoms. The van der Waals surface area contributed by atoms with Crippen LogP contribution in [0.4, 0.5) is 11.6 Å². The van der Waals surface area contributed by atoms with Crippen molar-refractivity contribution in [3.63, 3.8) is 0 Å². The van der Waals surface area contributed by atoms with Crippen molar-refractivity contribution in [3.05, 3.63) is 81.2 Å². The van der Waals surface area contributed by atoms with Gasteiger partial charge in [-0.05, 0) is 37.1 Å². The monoisotopic (exact) mass is 369 g/mol. The number of aromatic nitrogens is 2. The molecule has 26 heavy (non-hydrogen) atoms. The van der Waals surface area contributed by atoms with E-state index in [0.717, 1.165) is 16.8 Å². The van der Waals surface area contributed by atoms with Gasteiger partial charge in [-0.25, -0.2) is 0 Å². The zero-order valence-corrected chi connectivity index (χ0v) is 15.5. The molecule has 0 fully saturated rings. The number of halogens is 1. The molecule has 1 heterocycles. The number of ether oxygens (including phenoxy) is 1. The van der Waals surface area contributed by atoms with E-state index in [9.17, 15) is 4.79 Å². The van der Waals surface area contributed by atoms with E-state index in [1.54, 1.807) is 6.20 Å². The Hall–Kier alpha value is -2.79. The number of benzene rings is 2. The molecule has 134 valence electrons. The zero-order valence-electron chi connectivity index (χ0n) is 14.7. The lowest BCUT2D eigenvalue weighted by molar-refractivity contribution is 0.331. The highest BCUT2D eigenvalue weighted by Gasteiger charge is 2.12.